The van der Waals surface area contributed by atoms with Crippen molar-refractivity contribution in [1.29, 1.82) is 0 Å². The fourth-order valence-corrected chi connectivity index (χ4v) is 4.12. The van der Waals surface area contributed by atoms with Gasteiger partial charge in [-0.15, -0.1) is 0 Å². The molecule has 1 aromatic carbocycles. The summed E-state index contributed by atoms with van der Waals surface area (Å²) in [5.74, 6) is -0.648. The molecule has 1 aromatic rings. The van der Waals surface area contributed by atoms with Crippen molar-refractivity contribution in [2.75, 3.05) is 26.2 Å². The molecule has 24 heavy (non-hydrogen) atoms. The summed E-state index contributed by atoms with van der Waals surface area (Å²) in [5, 5.41) is 3.51. The van der Waals surface area contributed by atoms with Crippen LogP contribution in [-0.4, -0.2) is 40.6 Å². The van der Waals surface area contributed by atoms with Crippen molar-refractivity contribution < 1.29 is 17.9 Å². The first kappa shape index (κ1) is 19.0. The third kappa shape index (κ3) is 5.07. The van der Waals surface area contributed by atoms with Crippen molar-refractivity contribution in [3.05, 3.63) is 23.2 Å². The Morgan fingerprint density at radius 3 is 2.71 bits per heavy atom. The van der Waals surface area contributed by atoms with Crippen molar-refractivity contribution in [2.24, 2.45) is 11.1 Å². The number of piperidine rings is 1. The Balaban J connectivity index is 2.18. The van der Waals surface area contributed by atoms with Gasteiger partial charge in [0, 0.05) is 11.6 Å². The molecule has 0 unspecified atom stereocenters. The molecular weight excluding hydrogens is 354 g/mol. The number of sulfonamides is 1. The van der Waals surface area contributed by atoms with Crippen LogP contribution in [0.1, 0.15) is 19.8 Å². The molecule has 134 valence electrons. The lowest BCUT2D eigenvalue weighted by Crippen LogP contribution is -2.42. The highest BCUT2D eigenvalue weighted by atomic mass is 35.5. The summed E-state index contributed by atoms with van der Waals surface area (Å²) in [5.41, 5.74) is 4.94. The van der Waals surface area contributed by atoms with Gasteiger partial charge in [-0.05, 0) is 49.5 Å². The largest absolute Gasteiger partial charge is 0.482 e. The SMILES string of the molecule is CC1(CNS(=O)(=O)c2cc(Cl)ccc2OCC(N)=O)CCNCC1. The highest BCUT2D eigenvalue weighted by Crippen LogP contribution is 2.30. The monoisotopic (exact) mass is 375 g/mol. The van der Waals surface area contributed by atoms with E-state index >= 15 is 0 Å². The first-order valence-electron chi connectivity index (χ1n) is 7.63. The third-order valence-corrected chi connectivity index (χ3v) is 5.72. The number of rotatable bonds is 7. The number of primary amides is 1. The zero-order chi connectivity index (χ0) is 17.8. The van der Waals surface area contributed by atoms with Gasteiger partial charge >= 0.3 is 0 Å². The van der Waals surface area contributed by atoms with Gasteiger partial charge in [-0.1, -0.05) is 18.5 Å². The molecule has 0 saturated carbocycles. The lowest BCUT2D eigenvalue weighted by Gasteiger charge is -2.34. The maximum atomic E-state index is 12.7. The first-order valence-corrected chi connectivity index (χ1v) is 9.49. The molecule has 0 aromatic heterocycles. The van der Waals surface area contributed by atoms with Gasteiger partial charge in [0.25, 0.3) is 5.91 Å². The molecule has 0 bridgehead atoms. The summed E-state index contributed by atoms with van der Waals surface area (Å²) in [6, 6.07) is 4.20. The van der Waals surface area contributed by atoms with Crippen molar-refractivity contribution in [1.82, 2.24) is 10.0 Å². The molecule has 1 amide bonds. The van der Waals surface area contributed by atoms with Gasteiger partial charge in [0.15, 0.2) is 6.61 Å². The second-order valence-electron chi connectivity index (χ2n) is 6.23. The van der Waals surface area contributed by atoms with Crippen LogP contribution in [0.25, 0.3) is 0 Å². The van der Waals surface area contributed by atoms with Crippen LogP contribution in [0.15, 0.2) is 23.1 Å². The van der Waals surface area contributed by atoms with Gasteiger partial charge in [-0.25, -0.2) is 13.1 Å². The number of carbonyl (C=O) groups is 1. The smallest absolute Gasteiger partial charge is 0.255 e. The minimum absolute atomic E-state index is 0.0427. The van der Waals surface area contributed by atoms with Crippen LogP contribution in [0.5, 0.6) is 5.75 Å². The van der Waals surface area contributed by atoms with Crippen LogP contribution < -0.4 is 20.5 Å². The van der Waals surface area contributed by atoms with Crippen LogP contribution in [-0.2, 0) is 14.8 Å². The van der Waals surface area contributed by atoms with E-state index in [1.165, 1.54) is 18.2 Å². The fraction of sp³-hybridized carbons (Fsp3) is 0.533. The molecule has 0 aliphatic carbocycles. The number of benzene rings is 1. The first-order chi connectivity index (χ1) is 11.2. The van der Waals surface area contributed by atoms with Gasteiger partial charge in [-0.2, -0.15) is 0 Å². The van der Waals surface area contributed by atoms with Crippen molar-refractivity contribution in [3.8, 4) is 5.75 Å². The van der Waals surface area contributed by atoms with Crippen molar-refractivity contribution >= 4 is 27.5 Å². The molecule has 4 N–H and O–H groups in total. The van der Waals surface area contributed by atoms with Crippen molar-refractivity contribution in [2.45, 2.75) is 24.7 Å². The highest BCUT2D eigenvalue weighted by molar-refractivity contribution is 7.89. The van der Waals surface area contributed by atoms with Gasteiger partial charge < -0.3 is 15.8 Å². The van der Waals surface area contributed by atoms with Crippen LogP contribution >= 0.6 is 11.6 Å². The van der Waals surface area contributed by atoms with E-state index in [-0.39, 0.29) is 21.1 Å². The average molecular weight is 376 g/mol. The summed E-state index contributed by atoms with van der Waals surface area (Å²) in [6.07, 6.45) is 1.77. The summed E-state index contributed by atoms with van der Waals surface area (Å²) in [7, 11) is -3.83. The van der Waals surface area contributed by atoms with Gasteiger partial charge in [0.1, 0.15) is 10.6 Å². The Bertz CT molecular complexity index is 703. The number of carbonyl (C=O) groups excluding carboxylic acids is 1. The normalized spacial score (nSPS) is 17.4. The Kier molecular flexibility index (Phi) is 6.08. The van der Waals surface area contributed by atoms with E-state index in [0.717, 1.165) is 25.9 Å². The Labute approximate surface area is 146 Å². The number of nitrogens with one attached hydrogen (secondary N) is 2. The van der Waals surface area contributed by atoms with Gasteiger partial charge in [-0.3, -0.25) is 4.79 Å². The number of amides is 1. The lowest BCUT2D eigenvalue weighted by atomic mass is 9.81. The molecule has 1 heterocycles. The second kappa shape index (κ2) is 7.69. The molecular formula is C15H22ClN3O4S. The molecule has 2 rings (SSSR count). The Morgan fingerprint density at radius 1 is 1.42 bits per heavy atom. The number of nitrogens with two attached hydrogens (primary N) is 1. The predicted octanol–water partition coefficient (Wildman–Crippen LogP) is 0.872. The maximum Gasteiger partial charge on any atom is 0.255 e. The minimum Gasteiger partial charge on any atom is -0.482 e. The number of halogens is 1. The van der Waals surface area contributed by atoms with Crippen LogP contribution in [0.3, 0.4) is 0 Å². The van der Waals surface area contributed by atoms with E-state index in [0.29, 0.717) is 6.54 Å². The van der Waals surface area contributed by atoms with Crippen molar-refractivity contribution in [3.63, 3.8) is 0 Å². The maximum absolute atomic E-state index is 12.7. The minimum atomic E-state index is -3.83. The van der Waals surface area contributed by atoms with E-state index in [4.69, 9.17) is 22.1 Å². The van der Waals surface area contributed by atoms with E-state index < -0.39 is 22.5 Å². The molecule has 1 aliphatic heterocycles. The van der Waals surface area contributed by atoms with Crippen LogP contribution in [0, 0.1) is 5.41 Å². The van der Waals surface area contributed by atoms with E-state index in [9.17, 15) is 13.2 Å². The standard InChI is InChI=1S/C15H22ClN3O4S/c1-15(4-6-18-7-5-15)10-19-24(21,22)13-8-11(16)2-3-12(13)23-9-14(17)20/h2-3,8,18-19H,4-7,9-10H2,1H3,(H2,17,20). The summed E-state index contributed by atoms with van der Waals surface area (Å²) in [4.78, 5) is 10.8. The predicted molar refractivity (Wildman–Crippen MR) is 91.5 cm³/mol. The summed E-state index contributed by atoms with van der Waals surface area (Å²) >= 11 is 5.91. The highest BCUT2D eigenvalue weighted by Gasteiger charge is 2.30. The second-order valence-corrected chi connectivity index (χ2v) is 8.40. The third-order valence-electron chi connectivity index (χ3n) is 4.06. The molecule has 1 saturated heterocycles. The van der Waals surface area contributed by atoms with E-state index in [1.54, 1.807) is 0 Å². The van der Waals surface area contributed by atoms with E-state index in [1.807, 2.05) is 0 Å². The number of ether oxygens (including phenoxy) is 1. The molecule has 7 nitrogen and oxygen atoms in total. The van der Waals surface area contributed by atoms with Gasteiger partial charge in [0.05, 0.1) is 0 Å². The van der Waals surface area contributed by atoms with Crippen LogP contribution in [0.2, 0.25) is 5.02 Å². The molecule has 1 fully saturated rings. The number of hydrogen-bond donors (Lipinski definition) is 3. The Hall–Kier alpha value is -1.35. The molecule has 1 aliphatic rings. The molecule has 0 radical (unpaired) electrons. The zero-order valence-corrected chi connectivity index (χ0v) is 15.0. The zero-order valence-electron chi connectivity index (χ0n) is 13.5. The Morgan fingerprint density at radius 2 is 2.08 bits per heavy atom. The van der Waals surface area contributed by atoms with Crippen LogP contribution in [0.4, 0.5) is 0 Å². The number of hydrogen-bond acceptors (Lipinski definition) is 5. The quantitative estimate of drug-likeness (QED) is 0.655. The average Bonchev–Trinajstić information content (AvgIpc) is 2.53. The molecule has 0 atom stereocenters. The summed E-state index contributed by atoms with van der Waals surface area (Å²) < 4.78 is 33.1. The molecule has 9 heteroatoms. The van der Waals surface area contributed by atoms with Gasteiger partial charge in [0.2, 0.25) is 10.0 Å². The summed E-state index contributed by atoms with van der Waals surface area (Å²) in [6.45, 7) is 3.69. The lowest BCUT2D eigenvalue weighted by molar-refractivity contribution is -0.120. The van der Waals surface area contributed by atoms with E-state index in [2.05, 4.69) is 17.0 Å². The fourth-order valence-electron chi connectivity index (χ4n) is 2.51. The molecule has 0 spiro atoms. The topological polar surface area (TPSA) is 111 Å².